The zero-order valence-corrected chi connectivity index (χ0v) is 9.13. The lowest BCUT2D eigenvalue weighted by Gasteiger charge is -2.15. The van der Waals surface area contributed by atoms with Crippen LogP contribution in [0, 0.1) is 0 Å². The molecule has 1 N–H and O–H groups in total. The number of allylic oxidation sites excluding steroid dienone is 1. The third kappa shape index (κ3) is 2.79. The Labute approximate surface area is 98.5 Å². The van der Waals surface area contributed by atoms with Crippen LogP contribution in [0.25, 0.3) is 0 Å². The van der Waals surface area contributed by atoms with Crippen LogP contribution in [-0.2, 0) is 9.53 Å². The summed E-state index contributed by atoms with van der Waals surface area (Å²) < 4.78 is 5.00. The van der Waals surface area contributed by atoms with Gasteiger partial charge >= 0.3 is 5.97 Å². The molecule has 0 radical (unpaired) electrons. The smallest absolute Gasteiger partial charge is 0.343 e. The first kappa shape index (κ1) is 11.5. The van der Waals surface area contributed by atoms with Crippen molar-refractivity contribution in [3.8, 4) is 0 Å². The fourth-order valence-electron chi connectivity index (χ4n) is 1.59. The molecule has 0 spiro atoms. The Kier molecular flexibility index (Phi) is 3.35. The molecule has 0 aromatic heterocycles. The zero-order chi connectivity index (χ0) is 12.3. The Hall–Kier alpha value is -1.94. The maximum atomic E-state index is 11.7. The molecule has 0 amide bonds. The van der Waals surface area contributed by atoms with E-state index in [-0.39, 0.29) is 18.0 Å². The van der Waals surface area contributed by atoms with E-state index in [4.69, 9.17) is 4.74 Å². The van der Waals surface area contributed by atoms with Crippen LogP contribution in [0.4, 0.5) is 0 Å². The van der Waals surface area contributed by atoms with Crippen LogP contribution >= 0.6 is 0 Å². The first-order valence-corrected chi connectivity index (χ1v) is 5.35. The lowest BCUT2D eigenvalue weighted by atomic mass is 10.0. The number of hydrogen-bond acceptors (Lipinski definition) is 4. The van der Waals surface area contributed by atoms with E-state index in [0.29, 0.717) is 12.0 Å². The molecule has 2 rings (SSSR count). The fraction of sp³-hybridized carbons (Fsp3) is 0.231. The van der Waals surface area contributed by atoms with Crippen molar-refractivity contribution in [2.45, 2.75) is 18.9 Å². The van der Waals surface area contributed by atoms with Gasteiger partial charge in [0, 0.05) is 6.42 Å². The molecule has 0 saturated carbocycles. The van der Waals surface area contributed by atoms with Gasteiger partial charge in [-0.1, -0.05) is 18.2 Å². The van der Waals surface area contributed by atoms with Gasteiger partial charge < -0.3 is 9.84 Å². The normalized spacial score (nSPS) is 19.7. The molecule has 0 heterocycles. The number of rotatable bonds is 2. The molecule has 1 atom stereocenters. The van der Waals surface area contributed by atoms with Crippen LogP contribution in [0.3, 0.4) is 0 Å². The van der Waals surface area contributed by atoms with Crippen molar-refractivity contribution in [1.82, 2.24) is 0 Å². The van der Waals surface area contributed by atoms with E-state index in [2.05, 4.69) is 0 Å². The van der Waals surface area contributed by atoms with Gasteiger partial charge in [-0.15, -0.1) is 0 Å². The Morgan fingerprint density at radius 3 is 2.65 bits per heavy atom. The molecule has 88 valence electrons. The summed E-state index contributed by atoms with van der Waals surface area (Å²) in [7, 11) is 0. The summed E-state index contributed by atoms with van der Waals surface area (Å²) in [6.45, 7) is 0. The molecule has 0 bridgehead atoms. The highest BCUT2D eigenvalue weighted by atomic mass is 16.5. The predicted octanol–water partition coefficient (Wildman–Crippen LogP) is 1.45. The van der Waals surface area contributed by atoms with E-state index in [0.717, 1.165) is 0 Å². The third-order valence-corrected chi connectivity index (χ3v) is 2.48. The van der Waals surface area contributed by atoms with Gasteiger partial charge in [-0.05, 0) is 24.6 Å². The minimum Gasteiger partial charge on any atom is -0.419 e. The Morgan fingerprint density at radius 1 is 1.29 bits per heavy atom. The average Bonchev–Trinajstić information content (AvgIpc) is 2.34. The van der Waals surface area contributed by atoms with E-state index in [9.17, 15) is 14.7 Å². The van der Waals surface area contributed by atoms with E-state index in [1.54, 1.807) is 30.3 Å². The summed E-state index contributed by atoms with van der Waals surface area (Å²) in [4.78, 5) is 23.1. The van der Waals surface area contributed by atoms with E-state index >= 15 is 0 Å². The molecule has 1 aliphatic carbocycles. The Morgan fingerprint density at radius 2 is 2.00 bits per heavy atom. The highest BCUT2D eigenvalue weighted by Crippen LogP contribution is 2.17. The lowest BCUT2D eigenvalue weighted by molar-refractivity contribution is -0.120. The Balaban J connectivity index is 2.07. The topological polar surface area (TPSA) is 63.6 Å². The van der Waals surface area contributed by atoms with Gasteiger partial charge in [0.2, 0.25) is 0 Å². The van der Waals surface area contributed by atoms with Crippen molar-refractivity contribution in [3.05, 3.63) is 47.7 Å². The zero-order valence-electron chi connectivity index (χ0n) is 9.13. The molecule has 1 aliphatic rings. The summed E-state index contributed by atoms with van der Waals surface area (Å²) in [6.07, 6.45) is 1.13. The summed E-state index contributed by atoms with van der Waals surface area (Å²) >= 11 is 0. The van der Waals surface area contributed by atoms with Crippen molar-refractivity contribution in [2.75, 3.05) is 0 Å². The van der Waals surface area contributed by atoms with Crippen LogP contribution < -0.4 is 0 Å². The second-order valence-corrected chi connectivity index (χ2v) is 3.84. The van der Waals surface area contributed by atoms with E-state index < -0.39 is 12.1 Å². The van der Waals surface area contributed by atoms with Gasteiger partial charge in [-0.3, -0.25) is 4.79 Å². The largest absolute Gasteiger partial charge is 0.419 e. The molecule has 0 aliphatic heterocycles. The molecule has 0 unspecified atom stereocenters. The lowest BCUT2D eigenvalue weighted by Crippen LogP contribution is -2.22. The van der Waals surface area contributed by atoms with Gasteiger partial charge in [-0.25, -0.2) is 4.79 Å². The van der Waals surface area contributed by atoms with E-state index in [1.165, 1.54) is 6.08 Å². The van der Waals surface area contributed by atoms with Crippen molar-refractivity contribution in [1.29, 1.82) is 0 Å². The van der Waals surface area contributed by atoms with E-state index in [1.807, 2.05) is 0 Å². The third-order valence-electron chi connectivity index (χ3n) is 2.48. The predicted molar refractivity (Wildman–Crippen MR) is 60.2 cm³/mol. The molecule has 0 fully saturated rings. The highest BCUT2D eigenvalue weighted by Gasteiger charge is 2.23. The summed E-state index contributed by atoms with van der Waals surface area (Å²) in [5.74, 6) is -0.862. The van der Waals surface area contributed by atoms with Crippen LogP contribution in [0.15, 0.2) is 42.2 Å². The van der Waals surface area contributed by atoms with Crippen LogP contribution in [-0.4, -0.2) is 23.0 Å². The van der Waals surface area contributed by atoms with Crippen molar-refractivity contribution < 1.29 is 19.4 Å². The summed E-state index contributed by atoms with van der Waals surface area (Å²) in [5, 5.41) is 9.24. The quantitative estimate of drug-likeness (QED) is 0.784. The number of ether oxygens (including phenoxy) is 1. The molecule has 4 nitrogen and oxygen atoms in total. The van der Waals surface area contributed by atoms with Gasteiger partial charge in [0.15, 0.2) is 11.5 Å². The van der Waals surface area contributed by atoms with Crippen molar-refractivity contribution >= 4 is 11.8 Å². The monoisotopic (exact) mass is 232 g/mol. The van der Waals surface area contributed by atoms with Gasteiger partial charge in [0.25, 0.3) is 0 Å². The minimum absolute atomic E-state index is 0.00784. The number of ketones is 1. The Bertz CT molecular complexity index is 462. The number of esters is 1. The second-order valence-electron chi connectivity index (χ2n) is 3.84. The number of carbonyl (C=O) groups excluding carboxylic acids is 2. The molecule has 0 saturated heterocycles. The second kappa shape index (κ2) is 4.93. The van der Waals surface area contributed by atoms with Gasteiger partial charge in [-0.2, -0.15) is 0 Å². The first-order valence-electron chi connectivity index (χ1n) is 5.35. The fourth-order valence-corrected chi connectivity index (χ4v) is 1.59. The number of benzene rings is 1. The molecule has 1 aromatic rings. The maximum absolute atomic E-state index is 11.7. The SMILES string of the molecule is O=C1C[C@H](O)CC=C1OC(=O)c1ccccc1. The minimum atomic E-state index is -0.665. The molecule has 1 aromatic carbocycles. The van der Waals surface area contributed by atoms with Crippen molar-refractivity contribution in [3.63, 3.8) is 0 Å². The molecular weight excluding hydrogens is 220 g/mol. The van der Waals surface area contributed by atoms with Crippen molar-refractivity contribution in [2.24, 2.45) is 0 Å². The molecule has 4 heteroatoms. The average molecular weight is 232 g/mol. The maximum Gasteiger partial charge on any atom is 0.343 e. The van der Waals surface area contributed by atoms with Crippen LogP contribution in [0.2, 0.25) is 0 Å². The number of aliphatic hydroxyl groups excluding tert-OH is 1. The summed E-state index contributed by atoms with van der Waals surface area (Å²) in [6, 6.07) is 8.46. The number of hydrogen-bond donors (Lipinski definition) is 1. The molecular formula is C13H12O4. The summed E-state index contributed by atoms with van der Waals surface area (Å²) in [5.41, 5.74) is 0.396. The van der Waals surface area contributed by atoms with Crippen LogP contribution in [0.5, 0.6) is 0 Å². The number of aliphatic hydroxyl groups is 1. The van der Waals surface area contributed by atoms with Gasteiger partial charge in [0.1, 0.15) is 0 Å². The standard InChI is InChI=1S/C13H12O4/c14-10-6-7-12(11(15)8-10)17-13(16)9-4-2-1-3-5-9/h1-5,7,10,14H,6,8H2/t10-/m1/s1. The number of Topliss-reactive ketones (excluding diaryl/α,β-unsaturated/α-hetero) is 1. The van der Waals surface area contributed by atoms with Crippen LogP contribution in [0.1, 0.15) is 23.2 Å². The molecule has 17 heavy (non-hydrogen) atoms. The first-order chi connectivity index (χ1) is 8.16. The van der Waals surface area contributed by atoms with Gasteiger partial charge in [0.05, 0.1) is 11.7 Å². The highest BCUT2D eigenvalue weighted by molar-refractivity contribution is 5.99. The number of carbonyl (C=O) groups is 2.